The summed E-state index contributed by atoms with van der Waals surface area (Å²) < 4.78 is 21.3. The van der Waals surface area contributed by atoms with E-state index >= 15 is 0 Å². The molecule has 0 amide bonds. The number of halogens is 1. The Morgan fingerprint density at radius 2 is 2.36 bits per heavy atom. The zero-order valence-corrected chi connectivity index (χ0v) is 7.58. The average molecular weight is 214 g/mol. The Morgan fingerprint density at radius 1 is 1.73 bits per heavy atom. The predicted molar refractivity (Wildman–Crippen MR) is 41.1 cm³/mol. The lowest BCUT2D eigenvalue weighted by Gasteiger charge is -1.91. The van der Waals surface area contributed by atoms with E-state index in [4.69, 9.17) is 15.8 Å². The van der Waals surface area contributed by atoms with E-state index in [0.717, 1.165) is 11.3 Å². The predicted octanol–water partition coefficient (Wildman–Crippen LogP) is 0.563. The summed E-state index contributed by atoms with van der Waals surface area (Å²) in [5.41, 5.74) is 1.42. The minimum Gasteiger partial charge on any atom is -0.390 e. The zero-order chi connectivity index (χ0) is 8.48. The second-order valence-corrected chi connectivity index (χ2v) is 5.30. The minimum atomic E-state index is -3.73. The van der Waals surface area contributed by atoms with Crippen LogP contribution in [-0.4, -0.2) is 18.5 Å². The van der Waals surface area contributed by atoms with Crippen LogP contribution >= 0.6 is 22.0 Å². The summed E-state index contributed by atoms with van der Waals surface area (Å²) in [5, 5.41) is 8.59. The topological polar surface area (TPSA) is 67.3 Å². The highest BCUT2D eigenvalue weighted by Crippen LogP contribution is 2.23. The third-order valence-corrected chi connectivity index (χ3v) is 4.00. The Balaban J connectivity index is 3.24. The minimum absolute atomic E-state index is 0.0818. The lowest BCUT2D eigenvalue weighted by molar-refractivity contribution is 0.274. The van der Waals surface area contributed by atoms with E-state index in [-0.39, 0.29) is 9.90 Å². The van der Waals surface area contributed by atoms with Gasteiger partial charge >= 0.3 is 0 Å². The highest BCUT2D eigenvalue weighted by molar-refractivity contribution is 8.15. The number of hydrogen-bond acceptors (Lipinski definition) is 5. The Kier molecular flexibility index (Phi) is 2.48. The molecule has 62 valence electrons. The van der Waals surface area contributed by atoms with E-state index in [0.29, 0.717) is 0 Å². The van der Waals surface area contributed by atoms with Gasteiger partial charge in [0.15, 0.2) is 4.21 Å². The smallest absolute Gasteiger partial charge is 0.272 e. The molecule has 0 aliphatic carbocycles. The number of aliphatic hydroxyl groups excluding tert-OH is 1. The number of aromatic nitrogens is 1. The Bertz CT molecular complexity index is 344. The molecule has 0 aliphatic rings. The lowest BCUT2D eigenvalue weighted by atomic mass is 10.5. The highest BCUT2D eigenvalue weighted by atomic mass is 35.7. The van der Waals surface area contributed by atoms with Gasteiger partial charge < -0.3 is 5.11 Å². The van der Waals surface area contributed by atoms with Crippen LogP contribution in [0.15, 0.2) is 9.72 Å². The van der Waals surface area contributed by atoms with Crippen LogP contribution < -0.4 is 0 Å². The van der Waals surface area contributed by atoms with Gasteiger partial charge in [-0.05, 0) is 0 Å². The van der Waals surface area contributed by atoms with Gasteiger partial charge in [-0.25, -0.2) is 13.4 Å². The van der Waals surface area contributed by atoms with Crippen molar-refractivity contribution in [1.29, 1.82) is 0 Å². The van der Waals surface area contributed by atoms with Crippen LogP contribution in [0.5, 0.6) is 0 Å². The molecule has 7 heteroatoms. The maximum Gasteiger partial charge on any atom is 0.272 e. The molecule has 0 fully saturated rings. The van der Waals surface area contributed by atoms with Crippen molar-refractivity contribution in [2.45, 2.75) is 10.8 Å². The molecule has 0 spiro atoms. The first-order valence-corrected chi connectivity index (χ1v) is 5.72. The summed E-state index contributed by atoms with van der Waals surface area (Å²) in [6.07, 6.45) is 0. The maximum atomic E-state index is 10.7. The number of aliphatic hydroxyl groups is 1. The van der Waals surface area contributed by atoms with E-state index < -0.39 is 15.7 Å². The number of hydrogen-bond donors (Lipinski definition) is 1. The van der Waals surface area contributed by atoms with Crippen molar-refractivity contribution in [2.24, 2.45) is 0 Å². The second kappa shape index (κ2) is 3.06. The van der Waals surface area contributed by atoms with Gasteiger partial charge in [0.2, 0.25) is 0 Å². The molecule has 1 aromatic heterocycles. The average Bonchev–Trinajstić information content (AvgIpc) is 2.31. The van der Waals surface area contributed by atoms with E-state index in [2.05, 4.69) is 4.98 Å². The maximum absolute atomic E-state index is 10.7. The van der Waals surface area contributed by atoms with Gasteiger partial charge in [0, 0.05) is 10.7 Å². The Labute approximate surface area is 71.9 Å². The standard InChI is InChI=1S/C4H4ClNO3S2/c5-11(8,9)4-3(1-7)6-2-10-4/h2,7H,1H2. The van der Waals surface area contributed by atoms with E-state index in [9.17, 15) is 8.42 Å². The first-order chi connectivity index (χ1) is 5.05. The molecule has 0 radical (unpaired) electrons. The molecule has 1 N–H and O–H groups in total. The summed E-state index contributed by atoms with van der Waals surface area (Å²) in [4.78, 5) is 3.61. The quantitative estimate of drug-likeness (QED) is 0.730. The number of thiazole rings is 1. The summed E-state index contributed by atoms with van der Waals surface area (Å²) >= 11 is 0.890. The van der Waals surface area contributed by atoms with Crippen molar-refractivity contribution in [3.63, 3.8) is 0 Å². The molecule has 11 heavy (non-hydrogen) atoms. The molecule has 0 saturated carbocycles. The second-order valence-electron chi connectivity index (χ2n) is 1.68. The van der Waals surface area contributed by atoms with Crippen LogP contribution in [0.3, 0.4) is 0 Å². The lowest BCUT2D eigenvalue weighted by Crippen LogP contribution is -1.93. The summed E-state index contributed by atoms with van der Waals surface area (Å²) in [6, 6.07) is 0. The molecule has 1 aromatic rings. The van der Waals surface area contributed by atoms with E-state index in [1.165, 1.54) is 5.51 Å². The van der Waals surface area contributed by atoms with Gasteiger partial charge in [-0.3, -0.25) is 0 Å². The van der Waals surface area contributed by atoms with Crippen molar-refractivity contribution in [3.05, 3.63) is 11.2 Å². The van der Waals surface area contributed by atoms with Gasteiger partial charge in [-0.1, -0.05) is 0 Å². The van der Waals surface area contributed by atoms with Gasteiger partial charge in [0.1, 0.15) is 0 Å². The van der Waals surface area contributed by atoms with Crippen molar-refractivity contribution in [2.75, 3.05) is 0 Å². The molecule has 0 saturated heterocycles. The monoisotopic (exact) mass is 213 g/mol. The van der Waals surface area contributed by atoms with Crippen molar-refractivity contribution in [1.82, 2.24) is 4.98 Å². The molecule has 1 heterocycles. The van der Waals surface area contributed by atoms with Crippen molar-refractivity contribution >= 4 is 31.1 Å². The number of rotatable bonds is 2. The molecule has 0 aromatic carbocycles. The van der Waals surface area contributed by atoms with Crippen LogP contribution in [-0.2, 0) is 15.7 Å². The summed E-state index contributed by atoms with van der Waals surface area (Å²) in [5.74, 6) is 0. The van der Waals surface area contributed by atoms with Crippen LogP contribution in [0.4, 0.5) is 0 Å². The third-order valence-electron chi connectivity index (χ3n) is 0.975. The fourth-order valence-corrected chi connectivity index (χ4v) is 2.67. The van der Waals surface area contributed by atoms with Crippen LogP contribution in [0.25, 0.3) is 0 Å². The fourth-order valence-electron chi connectivity index (χ4n) is 0.562. The van der Waals surface area contributed by atoms with Gasteiger partial charge in [-0.2, -0.15) is 0 Å². The van der Waals surface area contributed by atoms with Crippen molar-refractivity contribution in [3.8, 4) is 0 Å². The largest absolute Gasteiger partial charge is 0.390 e. The fraction of sp³-hybridized carbons (Fsp3) is 0.250. The van der Waals surface area contributed by atoms with E-state index in [1.54, 1.807) is 0 Å². The van der Waals surface area contributed by atoms with Crippen LogP contribution in [0.2, 0.25) is 0 Å². The molecule has 0 atom stereocenters. The normalized spacial score (nSPS) is 11.8. The molecule has 0 unspecified atom stereocenters. The summed E-state index contributed by atoms with van der Waals surface area (Å²) in [6.45, 7) is -0.412. The molecule has 1 rings (SSSR count). The molecular formula is C4H4ClNO3S2. The Morgan fingerprint density at radius 3 is 2.73 bits per heavy atom. The number of nitrogens with zero attached hydrogens (tertiary/aromatic N) is 1. The highest BCUT2D eigenvalue weighted by Gasteiger charge is 2.17. The SMILES string of the molecule is O=S(=O)(Cl)c1scnc1CO. The van der Waals surface area contributed by atoms with Gasteiger partial charge in [-0.15, -0.1) is 11.3 Å². The molecule has 0 bridgehead atoms. The molecule has 0 aliphatic heterocycles. The zero-order valence-electron chi connectivity index (χ0n) is 5.19. The first kappa shape index (κ1) is 8.92. The molecular weight excluding hydrogens is 210 g/mol. The summed E-state index contributed by atoms with van der Waals surface area (Å²) in [7, 11) is 1.28. The van der Waals surface area contributed by atoms with E-state index in [1.807, 2.05) is 0 Å². The Hall–Kier alpha value is -0.170. The van der Waals surface area contributed by atoms with Gasteiger partial charge in [0.05, 0.1) is 17.8 Å². The van der Waals surface area contributed by atoms with Crippen molar-refractivity contribution < 1.29 is 13.5 Å². The first-order valence-electron chi connectivity index (χ1n) is 2.53. The molecule has 4 nitrogen and oxygen atoms in total. The van der Waals surface area contributed by atoms with Crippen LogP contribution in [0, 0.1) is 0 Å². The van der Waals surface area contributed by atoms with Crippen LogP contribution in [0.1, 0.15) is 5.69 Å². The van der Waals surface area contributed by atoms with Gasteiger partial charge in [0.25, 0.3) is 9.05 Å². The third kappa shape index (κ3) is 1.90.